The number of carbonyl (C=O) groups excluding carboxylic acids is 1. The Morgan fingerprint density at radius 3 is 2.69 bits per heavy atom. The van der Waals surface area contributed by atoms with Gasteiger partial charge in [0.2, 0.25) is 0 Å². The van der Waals surface area contributed by atoms with Gasteiger partial charge in [-0.15, -0.1) is 16.4 Å². The number of hydrogen-bond donors (Lipinski definition) is 0. The number of nitrogens with zero attached hydrogens (tertiary/aromatic N) is 2. The second-order valence-corrected chi connectivity index (χ2v) is 8.87. The van der Waals surface area contributed by atoms with Crippen molar-refractivity contribution in [2.75, 3.05) is 19.7 Å². The molecule has 1 aliphatic carbocycles. The zero-order chi connectivity index (χ0) is 19.9. The Morgan fingerprint density at radius 1 is 1.14 bits per heavy atom. The largest absolute Gasteiger partial charge is 0.493 e. The first-order valence-electron chi connectivity index (χ1n) is 10.8. The molecular formula is C23H30N2O3S. The van der Waals surface area contributed by atoms with E-state index in [0.717, 1.165) is 50.4 Å². The lowest BCUT2D eigenvalue weighted by Crippen LogP contribution is -2.36. The molecule has 2 fully saturated rings. The van der Waals surface area contributed by atoms with Gasteiger partial charge in [0.05, 0.1) is 24.2 Å². The lowest BCUT2D eigenvalue weighted by molar-refractivity contribution is -0.196. The zero-order valence-corrected chi connectivity index (χ0v) is 17.7. The molecule has 0 bridgehead atoms. The summed E-state index contributed by atoms with van der Waals surface area (Å²) < 4.78 is 6.20. The Balaban J connectivity index is 1.17. The van der Waals surface area contributed by atoms with Gasteiger partial charge in [-0.3, -0.25) is 0 Å². The molecule has 2 heterocycles. The van der Waals surface area contributed by atoms with E-state index in [-0.39, 0.29) is 12.4 Å². The van der Waals surface area contributed by atoms with E-state index in [1.165, 1.54) is 42.6 Å². The number of benzene rings is 1. The minimum atomic E-state index is -0.221. The van der Waals surface area contributed by atoms with Crippen LogP contribution in [0.15, 0.2) is 35.2 Å². The lowest BCUT2D eigenvalue weighted by Gasteiger charge is -2.30. The normalized spacial score (nSPS) is 18.8. The van der Waals surface area contributed by atoms with Crippen molar-refractivity contribution in [2.45, 2.75) is 57.3 Å². The van der Waals surface area contributed by atoms with Crippen molar-refractivity contribution >= 4 is 17.3 Å². The first-order chi connectivity index (χ1) is 14.3. The number of piperidine rings is 1. The van der Waals surface area contributed by atoms with Gasteiger partial charge >= 0.3 is 5.97 Å². The Hall–Kier alpha value is -1.92. The Bertz CT molecular complexity index is 766. The molecule has 0 amide bonds. The van der Waals surface area contributed by atoms with Crippen molar-refractivity contribution < 1.29 is 14.4 Å². The number of thiazole rings is 1. The number of hydrogen-bond acceptors (Lipinski definition) is 6. The molecule has 4 rings (SSSR count). The molecule has 29 heavy (non-hydrogen) atoms. The highest BCUT2D eigenvalue weighted by Gasteiger charge is 2.23. The van der Waals surface area contributed by atoms with Gasteiger partial charge in [0.1, 0.15) is 5.75 Å². The summed E-state index contributed by atoms with van der Waals surface area (Å²) in [6, 6.07) is 8.57. The molecule has 1 saturated carbocycles. The third kappa shape index (κ3) is 5.80. The van der Waals surface area contributed by atoms with Gasteiger partial charge in [-0.05, 0) is 55.6 Å². The van der Waals surface area contributed by atoms with Gasteiger partial charge in [0.25, 0.3) is 0 Å². The van der Waals surface area contributed by atoms with Crippen molar-refractivity contribution in [2.24, 2.45) is 5.92 Å². The predicted octanol–water partition coefficient (Wildman–Crippen LogP) is 4.98. The first-order valence-corrected chi connectivity index (χ1v) is 11.8. The maximum absolute atomic E-state index is 12.0. The van der Waals surface area contributed by atoms with E-state index in [0.29, 0.717) is 11.8 Å². The van der Waals surface area contributed by atoms with E-state index in [1.807, 2.05) is 5.38 Å². The first kappa shape index (κ1) is 20.4. The van der Waals surface area contributed by atoms with Crippen LogP contribution in [0.25, 0.3) is 0 Å². The number of para-hydroxylation sites is 1. The van der Waals surface area contributed by atoms with Crippen molar-refractivity contribution in [1.29, 1.82) is 0 Å². The minimum absolute atomic E-state index is 0.221. The summed E-state index contributed by atoms with van der Waals surface area (Å²) in [5, 5.41) is 3.69. The molecule has 0 radical (unpaired) electrons. The van der Waals surface area contributed by atoms with Gasteiger partial charge in [-0.25, -0.2) is 9.78 Å². The van der Waals surface area contributed by atoms with Crippen LogP contribution in [0.2, 0.25) is 0 Å². The Kier molecular flexibility index (Phi) is 7.17. The summed E-state index contributed by atoms with van der Waals surface area (Å²) in [7, 11) is 0. The molecule has 6 heteroatoms. The molecule has 0 N–H and O–H groups in total. The van der Waals surface area contributed by atoms with Crippen LogP contribution in [0.5, 0.6) is 5.75 Å². The number of ether oxygens (including phenoxy) is 1. The fourth-order valence-corrected chi connectivity index (χ4v) is 5.02. The van der Waals surface area contributed by atoms with Crippen LogP contribution in [0.3, 0.4) is 0 Å². The van der Waals surface area contributed by atoms with Crippen molar-refractivity contribution in [3.8, 4) is 5.75 Å². The van der Waals surface area contributed by atoms with Crippen LogP contribution in [-0.4, -0.2) is 35.7 Å². The standard InChI is InChI=1S/C23H30N2O3S/c26-23(15-20-16-29-17-24-20)28-25-12-9-18(10-13-25)11-14-27-22-8-4-3-7-21(22)19-5-1-2-6-19/h3-4,7-8,16-19H,1-2,5-6,9-15H2. The molecule has 1 aromatic carbocycles. The summed E-state index contributed by atoms with van der Waals surface area (Å²) in [5.74, 6) is 2.16. The highest BCUT2D eigenvalue weighted by Crippen LogP contribution is 2.38. The van der Waals surface area contributed by atoms with Gasteiger partial charge in [-0.1, -0.05) is 31.0 Å². The predicted molar refractivity (Wildman–Crippen MR) is 114 cm³/mol. The molecule has 5 nitrogen and oxygen atoms in total. The van der Waals surface area contributed by atoms with E-state index in [9.17, 15) is 4.79 Å². The minimum Gasteiger partial charge on any atom is -0.493 e. The molecule has 1 saturated heterocycles. The summed E-state index contributed by atoms with van der Waals surface area (Å²) in [4.78, 5) is 21.6. The maximum atomic E-state index is 12.0. The van der Waals surface area contributed by atoms with E-state index in [4.69, 9.17) is 9.57 Å². The summed E-state index contributed by atoms with van der Waals surface area (Å²) >= 11 is 1.50. The van der Waals surface area contributed by atoms with Crippen LogP contribution in [0.1, 0.15) is 62.1 Å². The highest BCUT2D eigenvalue weighted by atomic mass is 32.1. The average molecular weight is 415 g/mol. The topological polar surface area (TPSA) is 51.7 Å². The second-order valence-electron chi connectivity index (χ2n) is 8.15. The third-order valence-electron chi connectivity index (χ3n) is 6.11. The van der Waals surface area contributed by atoms with Gasteiger partial charge < -0.3 is 9.57 Å². The molecule has 1 aliphatic heterocycles. The zero-order valence-electron chi connectivity index (χ0n) is 16.9. The number of hydroxylamine groups is 2. The van der Waals surface area contributed by atoms with Crippen LogP contribution in [0, 0.1) is 5.92 Å². The van der Waals surface area contributed by atoms with Crippen molar-refractivity contribution in [3.63, 3.8) is 0 Å². The molecule has 0 atom stereocenters. The van der Waals surface area contributed by atoms with Crippen LogP contribution < -0.4 is 4.74 Å². The third-order valence-corrected chi connectivity index (χ3v) is 6.75. The number of aromatic nitrogens is 1. The number of carbonyl (C=O) groups is 1. The fraction of sp³-hybridized carbons (Fsp3) is 0.565. The Morgan fingerprint density at radius 2 is 1.93 bits per heavy atom. The Labute approximate surface area is 177 Å². The smallest absolute Gasteiger partial charge is 0.331 e. The summed E-state index contributed by atoms with van der Waals surface area (Å²) in [6.45, 7) is 2.36. The van der Waals surface area contributed by atoms with Gasteiger partial charge in [0.15, 0.2) is 0 Å². The van der Waals surface area contributed by atoms with Gasteiger partial charge in [-0.2, -0.15) is 0 Å². The van der Waals surface area contributed by atoms with Crippen molar-refractivity contribution in [1.82, 2.24) is 10.0 Å². The van der Waals surface area contributed by atoms with Crippen molar-refractivity contribution in [3.05, 3.63) is 46.4 Å². The van der Waals surface area contributed by atoms with E-state index in [1.54, 1.807) is 10.6 Å². The quantitative estimate of drug-likeness (QED) is 0.610. The van der Waals surface area contributed by atoms with Crippen LogP contribution >= 0.6 is 11.3 Å². The lowest BCUT2D eigenvalue weighted by atomic mass is 9.94. The summed E-state index contributed by atoms with van der Waals surface area (Å²) in [6.07, 6.45) is 8.64. The number of rotatable bonds is 8. The van der Waals surface area contributed by atoms with E-state index in [2.05, 4.69) is 29.2 Å². The molecule has 156 valence electrons. The highest BCUT2D eigenvalue weighted by molar-refractivity contribution is 7.07. The molecule has 0 unspecified atom stereocenters. The SMILES string of the molecule is O=C(Cc1cscn1)ON1CCC(CCOc2ccccc2C2CCCC2)CC1. The molecule has 0 spiro atoms. The van der Waals surface area contributed by atoms with Gasteiger partial charge in [0, 0.05) is 18.5 Å². The molecule has 2 aliphatic rings. The fourth-order valence-electron chi connectivity index (χ4n) is 4.46. The second kappa shape index (κ2) is 10.2. The van der Waals surface area contributed by atoms with E-state index >= 15 is 0 Å². The van der Waals surface area contributed by atoms with Crippen LogP contribution in [-0.2, 0) is 16.1 Å². The molecular weight excluding hydrogens is 384 g/mol. The molecule has 2 aromatic rings. The van der Waals surface area contributed by atoms with E-state index < -0.39 is 0 Å². The van der Waals surface area contributed by atoms with Crippen LogP contribution in [0.4, 0.5) is 0 Å². The maximum Gasteiger partial charge on any atom is 0.331 e. The monoisotopic (exact) mass is 414 g/mol. The average Bonchev–Trinajstić information content (AvgIpc) is 3.44. The summed E-state index contributed by atoms with van der Waals surface area (Å²) in [5.41, 5.74) is 3.92. The molecule has 1 aromatic heterocycles.